The molecule has 0 atom stereocenters. The fourth-order valence-corrected chi connectivity index (χ4v) is 2.65. The van der Waals surface area contributed by atoms with Crippen LogP contribution in [0.25, 0.3) is 11.0 Å². The Morgan fingerprint density at radius 3 is 2.61 bits per heavy atom. The quantitative estimate of drug-likeness (QED) is 0.800. The molecule has 0 fully saturated rings. The number of halogens is 2. The average molecular weight is 316 g/mol. The molecule has 0 aliphatic carbocycles. The monoisotopic (exact) mass is 316 g/mol. The van der Waals surface area contributed by atoms with Crippen LogP contribution in [0.5, 0.6) is 0 Å². The number of aromatic nitrogens is 2. The SMILES string of the molecule is CCc1nc2cc(F)c(F)cc2n1Cc1ccccc1C(=O)O. The van der Waals surface area contributed by atoms with Crippen LogP contribution in [0, 0.1) is 11.6 Å². The number of fused-ring (bicyclic) bond motifs is 1. The summed E-state index contributed by atoms with van der Waals surface area (Å²) in [5.41, 5.74) is 1.56. The number of carbonyl (C=O) groups is 1. The molecule has 1 heterocycles. The van der Waals surface area contributed by atoms with E-state index >= 15 is 0 Å². The van der Waals surface area contributed by atoms with Gasteiger partial charge in [0.05, 0.1) is 23.1 Å². The lowest BCUT2D eigenvalue weighted by Gasteiger charge is -2.11. The number of hydrogen-bond acceptors (Lipinski definition) is 2. The second-order valence-corrected chi connectivity index (χ2v) is 5.19. The van der Waals surface area contributed by atoms with Gasteiger partial charge in [0.1, 0.15) is 5.82 Å². The van der Waals surface area contributed by atoms with Gasteiger partial charge in [0.15, 0.2) is 11.6 Å². The number of imidazole rings is 1. The minimum atomic E-state index is -1.03. The van der Waals surface area contributed by atoms with Crippen LogP contribution in [0.4, 0.5) is 8.78 Å². The van der Waals surface area contributed by atoms with Crippen LogP contribution in [0.3, 0.4) is 0 Å². The number of rotatable bonds is 4. The second-order valence-electron chi connectivity index (χ2n) is 5.19. The topological polar surface area (TPSA) is 55.1 Å². The Bertz CT molecular complexity index is 903. The van der Waals surface area contributed by atoms with Gasteiger partial charge >= 0.3 is 5.97 Å². The van der Waals surface area contributed by atoms with Crippen LogP contribution in [0.2, 0.25) is 0 Å². The lowest BCUT2D eigenvalue weighted by Crippen LogP contribution is -2.09. The Morgan fingerprint density at radius 1 is 1.22 bits per heavy atom. The lowest BCUT2D eigenvalue weighted by molar-refractivity contribution is 0.0695. The van der Waals surface area contributed by atoms with Crippen LogP contribution in [0.15, 0.2) is 36.4 Å². The molecule has 0 radical (unpaired) electrons. The van der Waals surface area contributed by atoms with Crippen molar-refractivity contribution in [1.29, 1.82) is 0 Å². The maximum Gasteiger partial charge on any atom is 0.336 e. The van der Waals surface area contributed by atoms with E-state index in [1.807, 2.05) is 6.92 Å². The summed E-state index contributed by atoms with van der Waals surface area (Å²) in [7, 11) is 0. The van der Waals surface area contributed by atoms with Crippen molar-refractivity contribution >= 4 is 17.0 Å². The Hall–Kier alpha value is -2.76. The molecular weight excluding hydrogens is 302 g/mol. The van der Waals surface area contributed by atoms with Crippen molar-refractivity contribution in [2.75, 3.05) is 0 Å². The summed E-state index contributed by atoms with van der Waals surface area (Å²) in [5, 5.41) is 9.28. The molecule has 0 amide bonds. The number of aromatic carboxylic acids is 1. The Balaban J connectivity index is 2.16. The molecular formula is C17H14F2N2O2. The van der Waals surface area contributed by atoms with E-state index in [2.05, 4.69) is 4.98 Å². The number of carboxylic acids is 1. The zero-order valence-electron chi connectivity index (χ0n) is 12.4. The van der Waals surface area contributed by atoms with Crippen molar-refractivity contribution in [2.24, 2.45) is 0 Å². The Morgan fingerprint density at radius 2 is 1.91 bits per heavy atom. The van der Waals surface area contributed by atoms with Crippen molar-refractivity contribution in [3.63, 3.8) is 0 Å². The predicted molar refractivity (Wildman–Crippen MR) is 81.5 cm³/mol. The third-order valence-corrected chi connectivity index (χ3v) is 3.76. The largest absolute Gasteiger partial charge is 0.478 e. The summed E-state index contributed by atoms with van der Waals surface area (Å²) in [6, 6.07) is 8.77. The highest BCUT2D eigenvalue weighted by Crippen LogP contribution is 2.22. The van der Waals surface area contributed by atoms with Gasteiger partial charge in [0, 0.05) is 18.6 Å². The van der Waals surface area contributed by atoms with Crippen LogP contribution < -0.4 is 0 Å². The van der Waals surface area contributed by atoms with Gasteiger partial charge < -0.3 is 9.67 Å². The van der Waals surface area contributed by atoms with Gasteiger partial charge in [0.2, 0.25) is 0 Å². The summed E-state index contributed by atoms with van der Waals surface area (Å²) >= 11 is 0. The van der Waals surface area contributed by atoms with Gasteiger partial charge in [-0.2, -0.15) is 0 Å². The number of carboxylic acid groups (broad SMARTS) is 1. The van der Waals surface area contributed by atoms with Crippen molar-refractivity contribution in [2.45, 2.75) is 19.9 Å². The predicted octanol–water partition coefficient (Wildman–Crippen LogP) is 3.62. The summed E-state index contributed by atoms with van der Waals surface area (Å²) in [6.07, 6.45) is 0.563. The van der Waals surface area contributed by atoms with Crippen molar-refractivity contribution in [1.82, 2.24) is 9.55 Å². The number of hydrogen-bond donors (Lipinski definition) is 1. The van der Waals surface area contributed by atoms with Gasteiger partial charge in [-0.05, 0) is 11.6 Å². The summed E-state index contributed by atoms with van der Waals surface area (Å²) in [6.45, 7) is 2.11. The molecule has 4 nitrogen and oxygen atoms in total. The molecule has 6 heteroatoms. The smallest absolute Gasteiger partial charge is 0.336 e. The van der Waals surface area contributed by atoms with E-state index < -0.39 is 17.6 Å². The standard InChI is InChI=1S/C17H14F2N2O2/c1-2-16-20-14-7-12(18)13(19)8-15(14)21(16)9-10-5-3-4-6-11(10)17(22)23/h3-8H,2,9H2,1H3,(H,22,23). The first kappa shape index (κ1) is 15.1. The zero-order chi connectivity index (χ0) is 16.6. The van der Waals surface area contributed by atoms with Crippen LogP contribution in [-0.2, 0) is 13.0 Å². The lowest BCUT2D eigenvalue weighted by atomic mass is 10.1. The molecule has 0 saturated carbocycles. The maximum atomic E-state index is 13.6. The highest BCUT2D eigenvalue weighted by atomic mass is 19.2. The molecule has 0 aliphatic rings. The molecule has 1 aromatic heterocycles. The molecule has 2 aromatic carbocycles. The number of aryl methyl sites for hydroxylation is 1. The maximum absolute atomic E-state index is 13.6. The van der Waals surface area contributed by atoms with E-state index in [1.54, 1.807) is 22.8 Å². The van der Waals surface area contributed by atoms with Crippen LogP contribution in [-0.4, -0.2) is 20.6 Å². The summed E-state index contributed by atoms with van der Waals surface area (Å²) in [5.74, 6) is -2.28. The number of benzene rings is 2. The fourth-order valence-electron chi connectivity index (χ4n) is 2.65. The zero-order valence-corrected chi connectivity index (χ0v) is 12.4. The molecule has 3 aromatic rings. The second kappa shape index (κ2) is 5.79. The average Bonchev–Trinajstić information content (AvgIpc) is 2.85. The molecule has 1 N–H and O–H groups in total. The van der Waals surface area contributed by atoms with E-state index in [4.69, 9.17) is 0 Å². The normalized spacial score (nSPS) is 11.1. The fraction of sp³-hybridized carbons (Fsp3) is 0.176. The third-order valence-electron chi connectivity index (χ3n) is 3.76. The van der Waals surface area contributed by atoms with E-state index in [9.17, 15) is 18.7 Å². The molecule has 0 spiro atoms. The van der Waals surface area contributed by atoms with Gasteiger partial charge in [-0.3, -0.25) is 0 Å². The Labute approximate surface area is 131 Å². The molecule has 23 heavy (non-hydrogen) atoms. The summed E-state index contributed by atoms with van der Waals surface area (Å²) < 4.78 is 28.7. The first-order chi connectivity index (χ1) is 11.0. The Kier molecular flexibility index (Phi) is 3.82. The highest BCUT2D eigenvalue weighted by Gasteiger charge is 2.16. The molecule has 0 unspecified atom stereocenters. The van der Waals surface area contributed by atoms with Crippen molar-refractivity contribution < 1.29 is 18.7 Å². The number of nitrogens with zero attached hydrogens (tertiary/aromatic N) is 2. The van der Waals surface area contributed by atoms with Crippen LogP contribution in [0.1, 0.15) is 28.7 Å². The van der Waals surface area contributed by atoms with Gasteiger partial charge in [0.25, 0.3) is 0 Å². The molecule has 0 saturated heterocycles. The van der Waals surface area contributed by atoms with E-state index in [0.29, 0.717) is 28.8 Å². The van der Waals surface area contributed by atoms with Crippen LogP contribution >= 0.6 is 0 Å². The van der Waals surface area contributed by atoms with Gasteiger partial charge in [-0.1, -0.05) is 25.1 Å². The highest BCUT2D eigenvalue weighted by molar-refractivity contribution is 5.89. The van der Waals surface area contributed by atoms with Gasteiger partial charge in [-0.25, -0.2) is 18.6 Å². The first-order valence-electron chi connectivity index (χ1n) is 7.16. The molecule has 3 rings (SSSR count). The van der Waals surface area contributed by atoms with E-state index in [1.165, 1.54) is 6.07 Å². The van der Waals surface area contributed by atoms with E-state index in [0.717, 1.165) is 12.1 Å². The van der Waals surface area contributed by atoms with Crippen molar-refractivity contribution in [3.05, 3.63) is 65.0 Å². The minimum absolute atomic E-state index is 0.180. The molecule has 0 bridgehead atoms. The van der Waals surface area contributed by atoms with Crippen molar-refractivity contribution in [3.8, 4) is 0 Å². The third kappa shape index (κ3) is 2.67. The first-order valence-corrected chi connectivity index (χ1v) is 7.16. The molecule has 118 valence electrons. The van der Waals surface area contributed by atoms with E-state index in [-0.39, 0.29) is 12.1 Å². The van der Waals surface area contributed by atoms with Gasteiger partial charge in [-0.15, -0.1) is 0 Å². The summed E-state index contributed by atoms with van der Waals surface area (Å²) in [4.78, 5) is 15.6. The molecule has 0 aliphatic heterocycles. The minimum Gasteiger partial charge on any atom is -0.478 e.